The molecular formula is C11H12Cl2O2S. The Hall–Kier alpha value is -0.380. The predicted molar refractivity (Wildman–Crippen MR) is 67.7 cm³/mol. The van der Waals surface area contributed by atoms with Gasteiger partial charge in [0.15, 0.2) is 0 Å². The lowest BCUT2D eigenvalue weighted by molar-refractivity contribution is -0.117. The van der Waals surface area contributed by atoms with Crippen LogP contribution in [0.2, 0.25) is 10.0 Å². The fourth-order valence-corrected chi connectivity index (χ4v) is 3.35. The lowest BCUT2D eigenvalue weighted by Crippen LogP contribution is -2.02. The zero-order valence-electron chi connectivity index (χ0n) is 8.83. The molecule has 0 aliphatic carbocycles. The molecule has 0 radical (unpaired) electrons. The third-order valence-corrected chi connectivity index (χ3v) is 4.41. The Balaban J connectivity index is 2.70. The molecule has 1 unspecified atom stereocenters. The molecule has 0 heterocycles. The molecule has 0 spiro atoms. The molecule has 0 saturated carbocycles. The maximum Gasteiger partial charge on any atom is 0.129 e. The summed E-state index contributed by atoms with van der Waals surface area (Å²) < 4.78 is 11.9. The smallest absolute Gasteiger partial charge is 0.129 e. The van der Waals surface area contributed by atoms with Crippen molar-refractivity contribution in [3.63, 3.8) is 0 Å². The van der Waals surface area contributed by atoms with E-state index in [-0.39, 0.29) is 5.78 Å². The van der Waals surface area contributed by atoms with Crippen molar-refractivity contribution in [3.05, 3.63) is 28.2 Å². The third-order valence-electron chi connectivity index (χ3n) is 2.01. The number of ketones is 1. The van der Waals surface area contributed by atoms with E-state index in [1.165, 1.54) is 6.92 Å². The maximum absolute atomic E-state index is 11.9. The number of Topliss-reactive ketones (excluding diaryl/α,β-unsaturated/α-hetero) is 1. The molecule has 0 aliphatic heterocycles. The molecule has 0 bridgehead atoms. The molecule has 0 N–H and O–H groups in total. The lowest BCUT2D eigenvalue weighted by atomic mass is 10.3. The second-order valence-corrected chi connectivity index (χ2v) is 5.73. The molecule has 2 nitrogen and oxygen atoms in total. The molecule has 1 atom stereocenters. The highest BCUT2D eigenvalue weighted by Crippen LogP contribution is 2.28. The van der Waals surface area contributed by atoms with Crippen molar-refractivity contribution in [1.82, 2.24) is 0 Å². The van der Waals surface area contributed by atoms with Crippen LogP contribution in [0.4, 0.5) is 0 Å². The minimum absolute atomic E-state index is 0.0993. The highest BCUT2D eigenvalue weighted by Gasteiger charge is 2.12. The SMILES string of the molecule is CC(=O)CCCS(=O)c1c(Cl)cccc1Cl. The summed E-state index contributed by atoms with van der Waals surface area (Å²) in [7, 11) is -1.24. The standard InChI is InChI=1S/C11H12Cl2O2S/c1-8(14)4-3-7-16(15)11-9(12)5-2-6-10(11)13/h2,5-6H,3-4,7H2,1H3. The Morgan fingerprint density at radius 3 is 2.38 bits per heavy atom. The average Bonchev–Trinajstić information content (AvgIpc) is 2.16. The van der Waals surface area contributed by atoms with Gasteiger partial charge in [0.25, 0.3) is 0 Å². The van der Waals surface area contributed by atoms with Gasteiger partial charge in [0.05, 0.1) is 25.7 Å². The van der Waals surface area contributed by atoms with Crippen molar-refractivity contribution < 1.29 is 9.00 Å². The second kappa shape index (κ2) is 6.38. The highest BCUT2D eigenvalue weighted by molar-refractivity contribution is 7.85. The molecule has 0 saturated heterocycles. The molecule has 1 rings (SSSR count). The van der Waals surface area contributed by atoms with Crippen molar-refractivity contribution >= 4 is 39.8 Å². The van der Waals surface area contributed by atoms with Crippen molar-refractivity contribution in [2.75, 3.05) is 5.75 Å². The first-order chi connectivity index (χ1) is 7.52. The molecular weight excluding hydrogens is 267 g/mol. The van der Waals surface area contributed by atoms with Crippen molar-refractivity contribution in [3.8, 4) is 0 Å². The quantitative estimate of drug-likeness (QED) is 0.827. The molecule has 0 fully saturated rings. The molecule has 88 valence electrons. The first-order valence-electron chi connectivity index (χ1n) is 4.84. The van der Waals surface area contributed by atoms with Gasteiger partial charge in [-0.25, -0.2) is 0 Å². The minimum Gasteiger partial charge on any atom is -0.300 e. The fourth-order valence-electron chi connectivity index (χ4n) is 1.25. The van der Waals surface area contributed by atoms with E-state index in [1.54, 1.807) is 18.2 Å². The predicted octanol–water partition coefficient (Wildman–Crippen LogP) is 3.47. The summed E-state index contributed by atoms with van der Waals surface area (Å²) in [5.41, 5.74) is 0. The minimum atomic E-state index is -1.24. The largest absolute Gasteiger partial charge is 0.300 e. The van der Waals surface area contributed by atoms with Crippen molar-refractivity contribution in [2.24, 2.45) is 0 Å². The average molecular weight is 279 g/mol. The molecule has 5 heteroatoms. The van der Waals surface area contributed by atoms with Gasteiger partial charge >= 0.3 is 0 Å². The van der Waals surface area contributed by atoms with Crippen LogP contribution in [0.1, 0.15) is 19.8 Å². The van der Waals surface area contributed by atoms with Crippen LogP contribution < -0.4 is 0 Å². The number of hydrogen-bond donors (Lipinski definition) is 0. The summed E-state index contributed by atoms with van der Waals surface area (Å²) in [5.74, 6) is 0.505. The van der Waals surface area contributed by atoms with E-state index in [4.69, 9.17) is 23.2 Å². The maximum atomic E-state index is 11.9. The van der Waals surface area contributed by atoms with Gasteiger partial charge < -0.3 is 4.79 Å². The van der Waals surface area contributed by atoms with Crippen LogP contribution in [-0.2, 0) is 15.6 Å². The van der Waals surface area contributed by atoms with E-state index in [2.05, 4.69) is 0 Å². The summed E-state index contributed by atoms with van der Waals surface area (Å²) in [6, 6.07) is 5.03. The van der Waals surface area contributed by atoms with E-state index in [9.17, 15) is 9.00 Å². The molecule has 1 aromatic rings. The molecule has 0 amide bonds. The summed E-state index contributed by atoms with van der Waals surface area (Å²) in [6.07, 6.45) is 1.03. The number of benzene rings is 1. The topological polar surface area (TPSA) is 34.1 Å². The van der Waals surface area contributed by atoms with E-state index in [0.29, 0.717) is 33.5 Å². The Morgan fingerprint density at radius 1 is 1.31 bits per heavy atom. The molecule has 0 aliphatic rings. The lowest BCUT2D eigenvalue weighted by Gasteiger charge is -2.06. The van der Waals surface area contributed by atoms with E-state index < -0.39 is 10.8 Å². The van der Waals surface area contributed by atoms with E-state index in [0.717, 1.165) is 0 Å². The first-order valence-corrected chi connectivity index (χ1v) is 6.91. The van der Waals surface area contributed by atoms with Crippen LogP contribution in [0.25, 0.3) is 0 Å². The van der Waals surface area contributed by atoms with E-state index in [1.807, 2.05) is 0 Å². The third kappa shape index (κ3) is 3.89. The van der Waals surface area contributed by atoms with Gasteiger partial charge in [-0.3, -0.25) is 4.21 Å². The summed E-state index contributed by atoms with van der Waals surface area (Å²) in [6.45, 7) is 1.52. The first kappa shape index (κ1) is 13.7. The summed E-state index contributed by atoms with van der Waals surface area (Å²) in [5, 5.41) is 0.822. The van der Waals surface area contributed by atoms with Crippen LogP contribution in [0.15, 0.2) is 23.1 Å². The number of carbonyl (C=O) groups excluding carboxylic acids is 1. The van der Waals surface area contributed by atoms with Gasteiger partial charge in [-0.05, 0) is 25.5 Å². The van der Waals surface area contributed by atoms with Gasteiger partial charge in [0.2, 0.25) is 0 Å². The normalized spacial score (nSPS) is 12.4. The van der Waals surface area contributed by atoms with Crippen LogP contribution in [0.5, 0.6) is 0 Å². The Morgan fingerprint density at radius 2 is 1.88 bits per heavy atom. The van der Waals surface area contributed by atoms with Gasteiger partial charge in [0, 0.05) is 12.2 Å². The van der Waals surface area contributed by atoms with Crippen LogP contribution >= 0.6 is 23.2 Å². The zero-order chi connectivity index (χ0) is 12.1. The van der Waals surface area contributed by atoms with Gasteiger partial charge in [0.1, 0.15) is 5.78 Å². The van der Waals surface area contributed by atoms with Gasteiger partial charge in [-0.1, -0.05) is 29.3 Å². The number of hydrogen-bond acceptors (Lipinski definition) is 2. The second-order valence-electron chi connectivity index (χ2n) is 3.41. The van der Waals surface area contributed by atoms with Gasteiger partial charge in [-0.15, -0.1) is 0 Å². The molecule has 1 aromatic carbocycles. The van der Waals surface area contributed by atoms with Gasteiger partial charge in [-0.2, -0.15) is 0 Å². The summed E-state index contributed by atoms with van der Waals surface area (Å²) >= 11 is 11.8. The Kier molecular flexibility index (Phi) is 5.46. The zero-order valence-corrected chi connectivity index (χ0v) is 11.2. The monoisotopic (exact) mass is 278 g/mol. The number of halogens is 2. The van der Waals surface area contributed by atoms with Crippen molar-refractivity contribution in [1.29, 1.82) is 0 Å². The van der Waals surface area contributed by atoms with Crippen molar-refractivity contribution in [2.45, 2.75) is 24.7 Å². The Bertz CT molecular complexity index is 398. The summed E-state index contributed by atoms with van der Waals surface area (Å²) in [4.78, 5) is 11.2. The molecule has 16 heavy (non-hydrogen) atoms. The molecule has 0 aromatic heterocycles. The number of rotatable bonds is 5. The Labute approximate surface area is 107 Å². The van der Waals surface area contributed by atoms with E-state index >= 15 is 0 Å². The van der Waals surface area contributed by atoms with Crippen LogP contribution in [-0.4, -0.2) is 15.7 Å². The van der Waals surface area contributed by atoms with Crippen LogP contribution in [0.3, 0.4) is 0 Å². The number of carbonyl (C=O) groups is 1. The highest BCUT2D eigenvalue weighted by atomic mass is 35.5. The fraction of sp³-hybridized carbons (Fsp3) is 0.364. The van der Waals surface area contributed by atoms with Crippen LogP contribution in [0, 0.1) is 0 Å².